The highest BCUT2D eigenvalue weighted by molar-refractivity contribution is 5.92. The summed E-state index contributed by atoms with van der Waals surface area (Å²) >= 11 is 0. The Balaban J connectivity index is 2.42. The average molecular weight is 206 g/mol. The number of fused-ring (bicyclic) bond motifs is 1. The number of hydrogen-bond acceptors (Lipinski definition) is 3. The standard InChI is InChI=1S/C11H10O4/c1-7(11(12)13)5-8-3-2-4-9-10(8)15-6-14-9/h2-5H,6H2,1H3,(H,12,13)/b7-5+. The lowest BCUT2D eigenvalue weighted by Gasteiger charge is -2.01. The molecule has 1 aliphatic heterocycles. The predicted octanol–water partition coefficient (Wildman–Crippen LogP) is 1.90. The number of carboxylic acids is 1. The molecule has 0 saturated carbocycles. The normalized spacial score (nSPS) is 14.1. The van der Waals surface area contributed by atoms with Gasteiger partial charge in [0.05, 0.1) is 0 Å². The topological polar surface area (TPSA) is 55.8 Å². The maximum absolute atomic E-state index is 10.7. The van der Waals surface area contributed by atoms with Crippen molar-refractivity contribution in [3.8, 4) is 11.5 Å². The maximum atomic E-state index is 10.7. The molecule has 0 fully saturated rings. The van der Waals surface area contributed by atoms with Crippen molar-refractivity contribution in [1.82, 2.24) is 0 Å². The van der Waals surface area contributed by atoms with E-state index in [4.69, 9.17) is 14.6 Å². The smallest absolute Gasteiger partial charge is 0.331 e. The highest BCUT2D eigenvalue weighted by atomic mass is 16.7. The van der Waals surface area contributed by atoms with Gasteiger partial charge in [-0.25, -0.2) is 4.79 Å². The number of benzene rings is 1. The van der Waals surface area contributed by atoms with Crippen LogP contribution in [0.2, 0.25) is 0 Å². The molecule has 0 amide bonds. The van der Waals surface area contributed by atoms with Crippen molar-refractivity contribution in [2.75, 3.05) is 6.79 Å². The van der Waals surface area contributed by atoms with E-state index in [0.717, 1.165) is 5.56 Å². The summed E-state index contributed by atoms with van der Waals surface area (Å²) in [6.45, 7) is 1.73. The largest absolute Gasteiger partial charge is 0.478 e. The summed E-state index contributed by atoms with van der Waals surface area (Å²) in [5.41, 5.74) is 0.990. The predicted molar refractivity (Wildman–Crippen MR) is 53.9 cm³/mol. The molecule has 0 radical (unpaired) electrons. The quantitative estimate of drug-likeness (QED) is 0.751. The Labute approximate surface area is 86.7 Å². The fourth-order valence-corrected chi connectivity index (χ4v) is 1.36. The van der Waals surface area contributed by atoms with Gasteiger partial charge in [-0.15, -0.1) is 0 Å². The van der Waals surface area contributed by atoms with E-state index < -0.39 is 5.97 Å². The zero-order valence-electron chi connectivity index (χ0n) is 8.19. The lowest BCUT2D eigenvalue weighted by molar-refractivity contribution is -0.132. The molecule has 0 aliphatic carbocycles. The highest BCUT2D eigenvalue weighted by Crippen LogP contribution is 2.36. The van der Waals surface area contributed by atoms with E-state index in [1.807, 2.05) is 0 Å². The van der Waals surface area contributed by atoms with Gasteiger partial charge in [-0.1, -0.05) is 12.1 Å². The van der Waals surface area contributed by atoms with Gasteiger partial charge in [0.15, 0.2) is 11.5 Å². The molecular weight excluding hydrogens is 196 g/mol. The van der Waals surface area contributed by atoms with E-state index in [1.54, 1.807) is 24.3 Å². The van der Waals surface area contributed by atoms with E-state index in [1.165, 1.54) is 6.92 Å². The minimum absolute atomic E-state index is 0.187. The monoisotopic (exact) mass is 206 g/mol. The van der Waals surface area contributed by atoms with Crippen molar-refractivity contribution < 1.29 is 19.4 Å². The zero-order chi connectivity index (χ0) is 10.8. The second kappa shape index (κ2) is 3.65. The van der Waals surface area contributed by atoms with Crippen LogP contribution in [0.4, 0.5) is 0 Å². The molecule has 1 aromatic carbocycles. The first kappa shape index (κ1) is 9.58. The summed E-state index contributed by atoms with van der Waals surface area (Å²) in [6.07, 6.45) is 1.57. The Hall–Kier alpha value is -1.97. The minimum atomic E-state index is -0.938. The lowest BCUT2D eigenvalue weighted by Crippen LogP contribution is -1.96. The van der Waals surface area contributed by atoms with Crippen LogP contribution in [0.5, 0.6) is 11.5 Å². The number of para-hydroxylation sites is 1. The van der Waals surface area contributed by atoms with Crippen molar-refractivity contribution in [3.63, 3.8) is 0 Å². The molecular formula is C11H10O4. The number of carbonyl (C=O) groups is 1. The van der Waals surface area contributed by atoms with Crippen LogP contribution in [0.1, 0.15) is 12.5 Å². The fraction of sp³-hybridized carbons (Fsp3) is 0.182. The van der Waals surface area contributed by atoms with Gasteiger partial charge in [0, 0.05) is 11.1 Å². The van der Waals surface area contributed by atoms with Gasteiger partial charge in [-0.3, -0.25) is 0 Å². The molecule has 0 atom stereocenters. The van der Waals surface area contributed by atoms with E-state index in [-0.39, 0.29) is 12.4 Å². The number of carboxylic acid groups (broad SMARTS) is 1. The van der Waals surface area contributed by atoms with Crippen LogP contribution in [0, 0.1) is 0 Å². The summed E-state index contributed by atoms with van der Waals surface area (Å²) < 4.78 is 10.4. The maximum Gasteiger partial charge on any atom is 0.331 e. The van der Waals surface area contributed by atoms with Crippen LogP contribution in [-0.2, 0) is 4.79 Å². The summed E-state index contributed by atoms with van der Waals surface area (Å²) in [4.78, 5) is 10.7. The molecule has 2 rings (SSSR count). The first-order valence-corrected chi connectivity index (χ1v) is 4.48. The first-order chi connectivity index (χ1) is 7.18. The molecule has 1 heterocycles. The third-order valence-corrected chi connectivity index (χ3v) is 2.14. The SMILES string of the molecule is C/C(=C\c1cccc2c1OCO2)C(=O)O. The molecule has 0 unspecified atom stereocenters. The van der Waals surface area contributed by atoms with Crippen LogP contribution < -0.4 is 9.47 Å². The van der Waals surface area contributed by atoms with E-state index in [2.05, 4.69) is 0 Å². The van der Waals surface area contributed by atoms with Crippen molar-refractivity contribution >= 4 is 12.0 Å². The molecule has 4 nitrogen and oxygen atoms in total. The zero-order valence-corrected chi connectivity index (χ0v) is 8.19. The fourth-order valence-electron chi connectivity index (χ4n) is 1.36. The van der Waals surface area contributed by atoms with Gasteiger partial charge < -0.3 is 14.6 Å². The van der Waals surface area contributed by atoms with Crippen molar-refractivity contribution in [3.05, 3.63) is 29.3 Å². The van der Waals surface area contributed by atoms with Gasteiger partial charge in [-0.2, -0.15) is 0 Å². The number of hydrogen-bond donors (Lipinski definition) is 1. The number of rotatable bonds is 2. The van der Waals surface area contributed by atoms with Crippen molar-refractivity contribution in [2.24, 2.45) is 0 Å². The third kappa shape index (κ3) is 1.79. The molecule has 0 aromatic heterocycles. The molecule has 4 heteroatoms. The number of aliphatic carboxylic acids is 1. The number of ether oxygens (including phenoxy) is 2. The van der Waals surface area contributed by atoms with Gasteiger partial charge in [0.1, 0.15) is 0 Å². The first-order valence-electron chi connectivity index (χ1n) is 4.48. The van der Waals surface area contributed by atoms with Gasteiger partial charge in [0.2, 0.25) is 6.79 Å². The Morgan fingerprint density at radius 2 is 2.27 bits per heavy atom. The highest BCUT2D eigenvalue weighted by Gasteiger charge is 2.16. The third-order valence-electron chi connectivity index (χ3n) is 2.14. The molecule has 1 aromatic rings. The molecule has 0 bridgehead atoms. The van der Waals surface area contributed by atoms with Gasteiger partial charge in [-0.05, 0) is 19.1 Å². The summed E-state index contributed by atoms with van der Waals surface area (Å²) in [6, 6.07) is 5.38. The van der Waals surface area contributed by atoms with E-state index >= 15 is 0 Å². The Bertz CT molecular complexity index is 434. The molecule has 78 valence electrons. The van der Waals surface area contributed by atoms with Crippen LogP contribution in [0.15, 0.2) is 23.8 Å². The van der Waals surface area contributed by atoms with Crippen LogP contribution in [0.25, 0.3) is 6.08 Å². The molecule has 1 N–H and O–H groups in total. The van der Waals surface area contributed by atoms with E-state index in [0.29, 0.717) is 11.5 Å². The lowest BCUT2D eigenvalue weighted by atomic mass is 10.1. The summed E-state index contributed by atoms with van der Waals surface area (Å²) in [5.74, 6) is 0.326. The summed E-state index contributed by atoms with van der Waals surface area (Å²) in [7, 11) is 0. The van der Waals surface area contributed by atoms with Crippen molar-refractivity contribution in [1.29, 1.82) is 0 Å². The second-order valence-corrected chi connectivity index (χ2v) is 3.21. The average Bonchev–Trinajstić information content (AvgIpc) is 2.66. The summed E-state index contributed by atoms with van der Waals surface area (Å²) in [5, 5.41) is 8.75. The van der Waals surface area contributed by atoms with Gasteiger partial charge >= 0.3 is 5.97 Å². The molecule has 1 aliphatic rings. The Morgan fingerprint density at radius 1 is 1.47 bits per heavy atom. The molecule has 0 saturated heterocycles. The van der Waals surface area contributed by atoms with Crippen LogP contribution >= 0.6 is 0 Å². The Morgan fingerprint density at radius 3 is 3.00 bits per heavy atom. The van der Waals surface area contributed by atoms with E-state index in [9.17, 15) is 4.79 Å². The van der Waals surface area contributed by atoms with Crippen molar-refractivity contribution in [2.45, 2.75) is 6.92 Å². The molecule has 15 heavy (non-hydrogen) atoms. The Kier molecular flexibility index (Phi) is 2.33. The second-order valence-electron chi connectivity index (χ2n) is 3.21. The minimum Gasteiger partial charge on any atom is -0.478 e. The van der Waals surface area contributed by atoms with Gasteiger partial charge in [0.25, 0.3) is 0 Å². The van der Waals surface area contributed by atoms with Crippen LogP contribution in [0.3, 0.4) is 0 Å². The van der Waals surface area contributed by atoms with Crippen LogP contribution in [-0.4, -0.2) is 17.9 Å². The molecule has 0 spiro atoms.